The highest BCUT2D eigenvalue weighted by Gasteiger charge is 2.28. The van der Waals surface area contributed by atoms with Crippen molar-refractivity contribution in [3.63, 3.8) is 0 Å². The number of hydrogen-bond donors (Lipinski definition) is 2. The summed E-state index contributed by atoms with van der Waals surface area (Å²) in [5.41, 5.74) is 8.96. The summed E-state index contributed by atoms with van der Waals surface area (Å²) in [7, 11) is 0. The van der Waals surface area contributed by atoms with Crippen LogP contribution in [0.4, 0.5) is 10.1 Å². The van der Waals surface area contributed by atoms with E-state index in [1.807, 2.05) is 18.4 Å². The summed E-state index contributed by atoms with van der Waals surface area (Å²) in [4.78, 5) is 39.5. The van der Waals surface area contributed by atoms with Crippen molar-refractivity contribution < 1.29 is 18.8 Å². The summed E-state index contributed by atoms with van der Waals surface area (Å²) in [6.45, 7) is 4.58. The zero-order valence-corrected chi connectivity index (χ0v) is 19.2. The van der Waals surface area contributed by atoms with E-state index in [-0.39, 0.29) is 29.5 Å². The molecular weight excluding hydrogens is 435 g/mol. The highest BCUT2D eigenvalue weighted by Crippen LogP contribution is 2.25. The summed E-state index contributed by atoms with van der Waals surface area (Å²) in [6, 6.07) is 14.7. The molecule has 4 rings (SSSR count). The van der Waals surface area contributed by atoms with Gasteiger partial charge < -0.3 is 20.5 Å². The molecule has 0 aliphatic carbocycles. The van der Waals surface area contributed by atoms with E-state index in [1.165, 1.54) is 12.1 Å². The van der Waals surface area contributed by atoms with Gasteiger partial charge in [-0.05, 0) is 69.2 Å². The molecule has 3 aromatic rings. The van der Waals surface area contributed by atoms with Crippen molar-refractivity contribution >= 4 is 23.4 Å². The summed E-state index contributed by atoms with van der Waals surface area (Å²) >= 11 is 0. The van der Waals surface area contributed by atoms with Gasteiger partial charge in [0.05, 0.1) is 16.8 Å². The largest absolute Gasteiger partial charge is 0.369 e. The van der Waals surface area contributed by atoms with Gasteiger partial charge in [0.25, 0.3) is 11.8 Å². The number of halogens is 1. The number of aromatic nitrogens is 1. The van der Waals surface area contributed by atoms with Crippen LogP contribution in [0.25, 0.3) is 5.69 Å². The van der Waals surface area contributed by atoms with Crippen LogP contribution in [-0.2, 0) is 4.79 Å². The van der Waals surface area contributed by atoms with Crippen molar-refractivity contribution in [3.8, 4) is 5.69 Å². The molecule has 34 heavy (non-hydrogen) atoms. The molecule has 0 radical (unpaired) electrons. The first-order valence-electron chi connectivity index (χ1n) is 11.2. The maximum Gasteiger partial charge on any atom is 0.257 e. The molecule has 1 aliphatic heterocycles. The summed E-state index contributed by atoms with van der Waals surface area (Å²) in [5.74, 6) is -1.41. The van der Waals surface area contributed by atoms with E-state index < -0.39 is 0 Å². The molecule has 0 unspecified atom stereocenters. The Morgan fingerprint density at radius 2 is 1.62 bits per heavy atom. The van der Waals surface area contributed by atoms with Crippen LogP contribution in [0.1, 0.15) is 44.9 Å². The van der Waals surface area contributed by atoms with Crippen molar-refractivity contribution in [2.45, 2.75) is 26.7 Å². The number of rotatable bonds is 5. The standard InChI is InChI=1S/C26H27FN4O3/c1-16-15-22(17(2)31(16)20-9-7-19(27)8-10-20)25(33)29-23-6-4-3-5-21(23)26(34)30-13-11-18(12-14-30)24(28)32/h3-10,15,18H,11-14H2,1-2H3,(H2,28,32)(H,29,33). The van der Waals surface area contributed by atoms with Gasteiger partial charge in [-0.1, -0.05) is 12.1 Å². The highest BCUT2D eigenvalue weighted by atomic mass is 19.1. The monoisotopic (exact) mass is 462 g/mol. The maximum atomic E-state index is 13.3. The highest BCUT2D eigenvalue weighted by molar-refractivity contribution is 6.09. The van der Waals surface area contributed by atoms with Crippen molar-refractivity contribution in [2.24, 2.45) is 11.7 Å². The van der Waals surface area contributed by atoms with Crippen molar-refractivity contribution in [1.82, 2.24) is 9.47 Å². The van der Waals surface area contributed by atoms with Gasteiger partial charge in [0.15, 0.2) is 0 Å². The average Bonchev–Trinajstić information content (AvgIpc) is 3.13. The third-order valence-electron chi connectivity index (χ3n) is 6.35. The Kier molecular flexibility index (Phi) is 6.49. The first-order chi connectivity index (χ1) is 16.3. The van der Waals surface area contributed by atoms with E-state index in [9.17, 15) is 18.8 Å². The van der Waals surface area contributed by atoms with Crippen LogP contribution in [0.5, 0.6) is 0 Å². The minimum Gasteiger partial charge on any atom is -0.369 e. The number of likely N-dealkylation sites (tertiary alicyclic amines) is 1. The Morgan fingerprint density at radius 3 is 2.26 bits per heavy atom. The van der Waals surface area contributed by atoms with Crippen LogP contribution in [0, 0.1) is 25.6 Å². The number of nitrogens with one attached hydrogen (secondary N) is 1. The molecule has 7 nitrogen and oxygen atoms in total. The lowest BCUT2D eigenvalue weighted by atomic mass is 9.95. The fourth-order valence-electron chi connectivity index (χ4n) is 4.49. The number of hydrogen-bond acceptors (Lipinski definition) is 3. The summed E-state index contributed by atoms with van der Waals surface area (Å²) in [5, 5.41) is 2.88. The van der Waals surface area contributed by atoms with E-state index in [0.29, 0.717) is 48.4 Å². The second-order valence-electron chi connectivity index (χ2n) is 8.57. The van der Waals surface area contributed by atoms with Gasteiger partial charge in [0, 0.05) is 36.1 Å². The Bertz CT molecular complexity index is 1240. The number of aryl methyl sites for hydroxylation is 1. The van der Waals surface area contributed by atoms with Gasteiger partial charge in [-0.2, -0.15) is 0 Å². The molecule has 2 aromatic carbocycles. The smallest absolute Gasteiger partial charge is 0.257 e. The molecule has 1 aliphatic rings. The van der Waals surface area contributed by atoms with Crippen molar-refractivity contribution in [3.05, 3.63) is 82.9 Å². The first kappa shape index (κ1) is 23.2. The van der Waals surface area contributed by atoms with Gasteiger partial charge >= 0.3 is 0 Å². The molecule has 1 aromatic heterocycles. The topological polar surface area (TPSA) is 97.4 Å². The quantitative estimate of drug-likeness (QED) is 0.603. The Balaban J connectivity index is 1.55. The zero-order chi connectivity index (χ0) is 24.4. The van der Waals surface area contributed by atoms with Crippen molar-refractivity contribution in [2.75, 3.05) is 18.4 Å². The van der Waals surface area contributed by atoms with Crippen molar-refractivity contribution in [1.29, 1.82) is 0 Å². The molecule has 176 valence electrons. The first-order valence-corrected chi connectivity index (χ1v) is 11.2. The molecule has 1 saturated heterocycles. The minimum absolute atomic E-state index is 0.199. The average molecular weight is 463 g/mol. The molecule has 8 heteroatoms. The van der Waals surface area contributed by atoms with Gasteiger partial charge in [0.2, 0.25) is 5.91 Å². The lowest BCUT2D eigenvalue weighted by Crippen LogP contribution is -2.42. The Hall–Kier alpha value is -3.94. The van der Waals surface area contributed by atoms with E-state index in [1.54, 1.807) is 47.4 Å². The molecule has 3 N–H and O–H groups in total. The van der Waals surface area contributed by atoms with E-state index in [4.69, 9.17) is 5.73 Å². The molecule has 0 saturated carbocycles. The van der Waals surface area contributed by atoms with Crippen LogP contribution < -0.4 is 11.1 Å². The number of benzene rings is 2. The van der Waals surface area contributed by atoms with E-state index >= 15 is 0 Å². The molecule has 0 spiro atoms. The zero-order valence-electron chi connectivity index (χ0n) is 19.2. The number of piperidine rings is 1. The number of amides is 3. The number of anilines is 1. The van der Waals surface area contributed by atoms with Crippen LogP contribution in [-0.4, -0.2) is 40.3 Å². The molecule has 0 bridgehead atoms. The van der Waals surface area contributed by atoms with Gasteiger partial charge in [-0.15, -0.1) is 0 Å². The predicted molar refractivity (Wildman–Crippen MR) is 127 cm³/mol. The molecular formula is C26H27FN4O3. The molecule has 2 heterocycles. The fourth-order valence-corrected chi connectivity index (χ4v) is 4.49. The van der Waals surface area contributed by atoms with Gasteiger partial charge in [-0.3, -0.25) is 14.4 Å². The van der Waals surface area contributed by atoms with Gasteiger partial charge in [0.1, 0.15) is 5.82 Å². The second-order valence-corrected chi connectivity index (χ2v) is 8.57. The minimum atomic E-state index is -0.339. The molecule has 0 atom stereocenters. The predicted octanol–water partition coefficient (Wildman–Crippen LogP) is 3.82. The maximum absolute atomic E-state index is 13.3. The fraction of sp³-hybridized carbons (Fsp3) is 0.269. The number of carbonyl (C=O) groups is 3. The third kappa shape index (κ3) is 4.57. The normalized spacial score (nSPS) is 14.1. The second kappa shape index (κ2) is 9.51. The third-order valence-corrected chi connectivity index (χ3v) is 6.35. The lowest BCUT2D eigenvalue weighted by molar-refractivity contribution is -0.123. The van der Waals surface area contributed by atoms with Gasteiger partial charge in [-0.25, -0.2) is 4.39 Å². The Morgan fingerprint density at radius 1 is 0.971 bits per heavy atom. The summed E-state index contributed by atoms with van der Waals surface area (Å²) < 4.78 is 15.2. The number of nitrogens with zero attached hydrogens (tertiary/aromatic N) is 2. The van der Waals surface area contributed by atoms with E-state index in [0.717, 1.165) is 11.4 Å². The lowest BCUT2D eigenvalue weighted by Gasteiger charge is -2.31. The number of primary amides is 1. The number of nitrogens with two attached hydrogens (primary N) is 1. The summed E-state index contributed by atoms with van der Waals surface area (Å²) in [6.07, 6.45) is 1.07. The van der Waals surface area contributed by atoms with E-state index in [2.05, 4.69) is 5.32 Å². The van der Waals surface area contributed by atoms with Crippen LogP contribution in [0.2, 0.25) is 0 Å². The number of para-hydroxylation sites is 1. The van der Waals surface area contributed by atoms with Crippen LogP contribution >= 0.6 is 0 Å². The SMILES string of the molecule is Cc1cc(C(=O)Nc2ccccc2C(=O)N2CCC(C(N)=O)CC2)c(C)n1-c1ccc(F)cc1. The molecule has 1 fully saturated rings. The Labute approximate surface area is 197 Å². The van der Waals surface area contributed by atoms with Crippen LogP contribution in [0.15, 0.2) is 54.6 Å². The van der Waals surface area contributed by atoms with Crippen LogP contribution in [0.3, 0.4) is 0 Å². The molecule has 3 amide bonds. The number of carbonyl (C=O) groups excluding carboxylic acids is 3.